The maximum absolute atomic E-state index is 6.17. The van der Waals surface area contributed by atoms with Crippen molar-refractivity contribution in [1.82, 2.24) is 0 Å². The summed E-state index contributed by atoms with van der Waals surface area (Å²) in [5, 5.41) is 0. The monoisotopic (exact) mass is 398 g/mol. The molecule has 0 unspecified atom stereocenters. The van der Waals surface area contributed by atoms with E-state index in [0.717, 1.165) is 33.4 Å². The van der Waals surface area contributed by atoms with E-state index < -0.39 is 0 Å². The second kappa shape index (κ2) is 9.40. The second-order valence-corrected chi connectivity index (χ2v) is 7.96. The van der Waals surface area contributed by atoms with E-state index in [-0.39, 0.29) is 12.1 Å². The van der Waals surface area contributed by atoms with E-state index in [2.05, 4.69) is 58.5 Å². The van der Waals surface area contributed by atoms with E-state index in [9.17, 15) is 0 Å². The van der Waals surface area contributed by atoms with Gasteiger partial charge in [-0.15, -0.1) is 0 Å². The van der Waals surface area contributed by atoms with Crippen molar-refractivity contribution in [2.75, 3.05) is 0 Å². The van der Waals surface area contributed by atoms with Crippen LogP contribution in [0.2, 0.25) is 0 Å². The highest BCUT2D eigenvalue weighted by Gasteiger charge is 2.07. The van der Waals surface area contributed by atoms with Crippen LogP contribution in [-0.4, -0.2) is 23.8 Å². The highest BCUT2D eigenvalue weighted by atomic mass is 14.9. The molecule has 0 bridgehead atoms. The third-order valence-electron chi connectivity index (χ3n) is 4.64. The van der Waals surface area contributed by atoms with Gasteiger partial charge in [-0.25, -0.2) is 0 Å². The Morgan fingerprint density at radius 2 is 0.900 bits per heavy atom. The topological polar surface area (TPSA) is 76.8 Å². The lowest BCUT2D eigenvalue weighted by Gasteiger charge is -2.10. The zero-order valence-electron chi connectivity index (χ0n) is 18.1. The number of aliphatic imine (C=N–C) groups is 2. The van der Waals surface area contributed by atoms with E-state index >= 15 is 0 Å². The van der Waals surface area contributed by atoms with Gasteiger partial charge >= 0.3 is 0 Å². The highest BCUT2D eigenvalue weighted by Crippen LogP contribution is 2.27. The first-order valence-corrected chi connectivity index (χ1v) is 10.3. The fraction of sp³-hybridized carbons (Fsp3) is 0.231. The average Bonchev–Trinajstić information content (AvgIpc) is 2.73. The quantitative estimate of drug-likeness (QED) is 0.439. The average molecular weight is 399 g/mol. The minimum Gasteiger partial charge on any atom is -0.383 e. The largest absolute Gasteiger partial charge is 0.383 e. The fourth-order valence-corrected chi connectivity index (χ4v) is 3.30. The van der Waals surface area contributed by atoms with E-state index in [1.54, 1.807) is 0 Å². The number of benzene rings is 3. The predicted octanol–water partition coefficient (Wildman–Crippen LogP) is 5.25. The Hall–Kier alpha value is -3.40. The van der Waals surface area contributed by atoms with Crippen molar-refractivity contribution in [3.63, 3.8) is 0 Å². The molecule has 0 heterocycles. The molecule has 30 heavy (non-hydrogen) atoms. The summed E-state index contributed by atoms with van der Waals surface area (Å²) in [6, 6.07) is 25.2. The SMILES string of the molecule is CC(C)N=C(N)c1cccc(-c2cccc(-c3cccc(C(N)=NC(C)C)c3)c2)c1. The molecule has 0 atom stereocenters. The van der Waals surface area contributed by atoms with Crippen LogP contribution in [-0.2, 0) is 0 Å². The van der Waals surface area contributed by atoms with E-state index in [0.29, 0.717) is 11.7 Å². The van der Waals surface area contributed by atoms with Crippen LogP contribution in [0.3, 0.4) is 0 Å². The van der Waals surface area contributed by atoms with Gasteiger partial charge in [-0.3, -0.25) is 9.98 Å². The molecule has 0 radical (unpaired) electrons. The third-order valence-corrected chi connectivity index (χ3v) is 4.64. The molecule has 0 aromatic heterocycles. The van der Waals surface area contributed by atoms with Crippen molar-refractivity contribution in [2.45, 2.75) is 39.8 Å². The van der Waals surface area contributed by atoms with Crippen LogP contribution in [0.1, 0.15) is 38.8 Å². The van der Waals surface area contributed by atoms with Crippen LogP contribution in [0.4, 0.5) is 0 Å². The van der Waals surface area contributed by atoms with Crippen LogP contribution in [0.25, 0.3) is 22.3 Å². The molecule has 0 amide bonds. The molecule has 3 aromatic rings. The molecule has 0 saturated carbocycles. The van der Waals surface area contributed by atoms with E-state index in [1.807, 2.05) is 52.0 Å². The molecule has 0 fully saturated rings. The standard InChI is InChI=1S/C26H30N4/c1-17(2)29-25(27)23-12-6-10-21(15-23)19-8-5-9-20(14-19)22-11-7-13-24(16-22)26(28)30-18(3)4/h5-18H,1-4H3,(H2,27,29)(H2,28,30). The van der Waals surface area contributed by atoms with Gasteiger partial charge in [0.2, 0.25) is 0 Å². The Kier molecular flexibility index (Phi) is 6.68. The Morgan fingerprint density at radius 1 is 0.567 bits per heavy atom. The van der Waals surface area contributed by atoms with Crippen molar-refractivity contribution < 1.29 is 0 Å². The summed E-state index contributed by atoms with van der Waals surface area (Å²) in [4.78, 5) is 8.93. The molecule has 4 heteroatoms. The van der Waals surface area contributed by atoms with Crippen LogP contribution in [0.5, 0.6) is 0 Å². The lowest BCUT2D eigenvalue weighted by molar-refractivity contribution is 0.834. The molecular formula is C26H30N4. The molecule has 0 aliphatic heterocycles. The number of nitrogens with zero attached hydrogens (tertiary/aromatic N) is 2. The van der Waals surface area contributed by atoms with Gasteiger partial charge in [-0.1, -0.05) is 54.6 Å². The van der Waals surface area contributed by atoms with Crippen LogP contribution < -0.4 is 11.5 Å². The van der Waals surface area contributed by atoms with Crippen molar-refractivity contribution >= 4 is 11.7 Å². The number of amidine groups is 2. The van der Waals surface area contributed by atoms with E-state index in [4.69, 9.17) is 11.5 Å². The number of rotatable bonds is 6. The number of nitrogens with two attached hydrogens (primary N) is 2. The van der Waals surface area contributed by atoms with Crippen LogP contribution in [0, 0.1) is 0 Å². The summed E-state index contributed by atoms with van der Waals surface area (Å²) >= 11 is 0. The predicted molar refractivity (Wildman–Crippen MR) is 129 cm³/mol. The zero-order chi connectivity index (χ0) is 21.7. The van der Waals surface area contributed by atoms with Gasteiger partial charge in [0, 0.05) is 23.2 Å². The summed E-state index contributed by atoms with van der Waals surface area (Å²) in [7, 11) is 0. The van der Waals surface area contributed by atoms with Gasteiger partial charge in [-0.2, -0.15) is 0 Å². The van der Waals surface area contributed by atoms with Crippen LogP contribution in [0.15, 0.2) is 82.8 Å². The number of hydrogen-bond donors (Lipinski definition) is 2. The first kappa shape index (κ1) is 21.3. The molecule has 3 aromatic carbocycles. The minimum absolute atomic E-state index is 0.163. The molecule has 3 rings (SSSR count). The molecule has 0 spiro atoms. The van der Waals surface area contributed by atoms with Gasteiger partial charge in [0.15, 0.2) is 0 Å². The van der Waals surface area contributed by atoms with E-state index in [1.165, 1.54) is 0 Å². The molecule has 0 aliphatic carbocycles. The molecule has 154 valence electrons. The molecule has 4 nitrogen and oxygen atoms in total. The Balaban J connectivity index is 1.97. The normalized spacial score (nSPS) is 12.6. The summed E-state index contributed by atoms with van der Waals surface area (Å²) in [6.45, 7) is 8.08. The summed E-state index contributed by atoms with van der Waals surface area (Å²) < 4.78 is 0. The van der Waals surface area contributed by atoms with Gasteiger partial charge in [0.1, 0.15) is 11.7 Å². The Bertz CT molecular complexity index is 995. The van der Waals surface area contributed by atoms with Crippen molar-refractivity contribution in [2.24, 2.45) is 21.5 Å². The summed E-state index contributed by atoms with van der Waals surface area (Å²) in [5.41, 5.74) is 18.7. The third kappa shape index (κ3) is 5.35. The molecular weight excluding hydrogens is 368 g/mol. The first-order chi connectivity index (χ1) is 14.3. The Labute approximate surface area is 179 Å². The fourth-order valence-electron chi connectivity index (χ4n) is 3.30. The molecule has 0 aliphatic rings. The maximum Gasteiger partial charge on any atom is 0.125 e. The smallest absolute Gasteiger partial charge is 0.125 e. The number of hydrogen-bond acceptors (Lipinski definition) is 2. The van der Waals surface area contributed by atoms with Gasteiger partial charge < -0.3 is 11.5 Å². The second-order valence-electron chi connectivity index (χ2n) is 7.96. The van der Waals surface area contributed by atoms with Crippen molar-refractivity contribution in [3.05, 3.63) is 83.9 Å². The lowest BCUT2D eigenvalue weighted by Crippen LogP contribution is -2.15. The van der Waals surface area contributed by atoms with Crippen LogP contribution >= 0.6 is 0 Å². The maximum atomic E-state index is 6.17. The lowest BCUT2D eigenvalue weighted by atomic mass is 9.97. The van der Waals surface area contributed by atoms with Crippen molar-refractivity contribution in [1.29, 1.82) is 0 Å². The Morgan fingerprint density at radius 3 is 1.27 bits per heavy atom. The van der Waals surface area contributed by atoms with Gasteiger partial charge in [-0.05, 0) is 68.1 Å². The summed E-state index contributed by atoms with van der Waals surface area (Å²) in [5.74, 6) is 1.13. The van der Waals surface area contributed by atoms with Gasteiger partial charge in [0.25, 0.3) is 0 Å². The molecule has 0 saturated heterocycles. The first-order valence-electron chi connectivity index (χ1n) is 10.3. The molecule has 4 N–H and O–H groups in total. The highest BCUT2D eigenvalue weighted by molar-refractivity contribution is 5.99. The summed E-state index contributed by atoms with van der Waals surface area (Å²) in [6.07, 6.45) is 0. The zero-order valence-corrected chi connectivity index (χ0v) is 18.1. The van der Waals surface area contributed by atoms with Gasteiger partial charge in [0.05, 0.1) is 0 Å². The minimum atomic E-state index is 0.163. The van der Waals surface area contributed by atoms with Crippen molar-refractivity contribution in [3.8, 4) is 22.3 Å².